The van der Waals surface area contributed by atoms with E-state index in [4.69, 9.17) is 0 Å². The number of rotatable bonds is 5. The molecule has 78 valence electrons. The SMILES string of the molecule is CC(C)C(O)CCCc1ccncc1. The summed E-state index contributed by atoms with van der Waals surface area (Å²) in [6, 6.07) is 4.06. The summed E-state index contributed by atoms with van der Waals surface area (Å²) in [6.07, 6.45) is 6.44. The third-order valence-electron chi connectivity index (χ3n) is 2.48. The number of hydrogen-bond acceptors (Lipinski definition) is 2. The lowest BCUT2D eigenvalue weighted by molar-refractivity contribution is 0.114. The first-order valence-electron chi connectivity index (χ1n) is 5.27. The van der Waals surface area contributed by atoms with Crippen LogP contribution in [0.1, 0.15) is 32.3 Å². The van der Waals surface area contributed by atoms with Crippen molar-refractivity contribution in [2.45, 2.75) is 39.2 Å². The van der Waals surface area contributed by atoms with E-state index < -0.39 is 0 Å². The third kappa shape index (κ3) is 3.88. The van der Waals surface area contributed by atoms with E-state index in [9.17, 15) is 5.11 Å². The van der Waals surface area contributed by atoms with Gasteiger partial charge in [-0.05, 0) is 42.9 Å². The Hall–Kier alpha value is -0.890. The molecule has 0 saturated carbocycles. The maximum absolute atomic E-state index is 9.59. The molecule has 1 heterocycles. The van der Waals surface area contributed by atoms with Crippen molar-refractivity contribution in [3.63, 3.8) is 0 Å². The molecule has 1 aromatic heterocycles. The smallest absolute Gasteiger partial charge is 0.0563 e. The lowest BCUT2D eigenvalue weighted by Crippen LogP contribution is -2.14. The van der Waals surface area contributed by atoms with Gasteiger partial charge in [-0.15, -0.1) is 0 Å². The van der Waals surface area contributed by atoms with Gasteiger partial charge in [0.05, 0.1) is 6.10 Å². The largest absolute Gasteiger partial charge is 0.393 e. The summed E-state index contributed by atoms with van der Waals surface area (Å²) < 4.78 is 0. The van der Waals surface area contributed by atoms with Crippen LogP contribution in [0, 0.1) is 5.92 Å². The van der Waals surface area contributed by atoms with Crippen LogP contribution in [0.2, 0.25) is 0 Å². The number of aliphatic hydroxyl groups excluding tert-OH is 1. The molecule has 0 saturated heterocycles. The number of nitrogens with zero attached hydrogens (tertiary/aromatic N) is 1. The third-order valence-corrected chi connectivity index (χ3v) is 2.48. The predicted octanol–water partition coefficient (Wildman–Crippen LogP) is 2.42. The summed E-state index contributed by atoms with van der Waals surface area (Å²) in [6.45, 7) is 4.11. The van der Waals surface area contributed by atoms with Crippen molar-refractivity contribution < 1.29 is 5.11 Å². The van der Waals surface area contributed by atoms with Gasteiger partial charge in [0, 0.05) is 12.4 Å². The molecule has 0 aliphatic rings. The van der Waals surface area contributed by atoms with Crippen molar-refractivity contribution in [1.29, 1.82) is 0 Å². The van der Waals surface area contributed by atoms with Gasteiger partial charge >= 0.3 is 0 Å². The van der Waals surface area contributed by atoms with E-state index >= 15 is 0 Å². The molecule has 0 amide bonds. The van der Waals surface area contributed by atoms with Crippen LogP contribution in [-0.4, -0.2) is 16.2 Å². The zero-order chi connectivity index (χ0) is 10.4. The molecule has 1 N–H and O–H groups in total. The fourth-order valence-corrected chi connectivity index (χ4v) is 1.40. The fraction of sp³-hybridized carbons (Fsp3) is 0.583. The molecule has 14 heavy (non-hydrogen) atoms. The first-order valence-corrected chi connectivity index (χ1v) is 5.27. The number of aliphatic hydroxyl groups is 1. The van der Waals surface area contributed by atoms with Crippen LogP contribution in [-0.2, 0) is 6.42 Å². The van der Waals surface area contributed by atoms with Crippen molar-refractivity contribution in [3.05, 3.63) is 30.1 Å². The van der Waals surface area contributed by atoms with Gasteiger partial charge in [0.1, 0.15) is 0 Å². The predicted molar refractivity (Wildman–Crippen MR) is 58.0 cm³/mol. The number of aromatic nitrogens is 1. The van der Waals surface area contributed by atoms with Crippen LogP contribution in [0.15, 0.2) is 24.5 Å². The Labute approximate surface area is 86.0 Å². The molecule has 0 aliphatic heterocycles. The molecule has 0 spiro atoms. The average molecular weight is 193 g/mol. The summed E-state index contributed by atoms with van der Waals surface area (Å²) in [7, 11) is 0. The first kappa shape index (κ1) is 11.2. The molecule has 0 aromatic carbocycles. The standard InChI is InChI=1S/C12H19NO/c1-10(2)12(14)5-3-4-11-6-8-13-9-7-11/h6-10,12,14H,3-5H2,1-2H3. The van der Waals surface area contributed by atoms with Crippen LogP contribution < -0.4 is 0 Å². The molecule has 0 bridgehead atoms. The first-order chi connectivity index (χ1) is 6.70. The minimum Gasteiger partial charge on any atom is -0.393 e. The molecule has 2 heteroatoms. The lowest BCUT2D eigenvalue weighted by Gasteiger charge is -2.13. The topological polar surface area (TPSA) is 33.1 Å². The van der Waals surface area contributed by atoms with Gasteiger partial charge in [-0.3, -0.25) is 4.98 Å². The Balaban J connectivity index is 2.22. The van der Waals surface area contributed by atoms with Crippen LogP contribution >= 0.6 is 0 Å². The number of aryl methyl sites for hydroxylation is 1. The second kappa shape index (κ2) is 5.76. The maximum Gasteiger partial charge on any atom is 0.0563 e. The Morgan fingerprint density at radius 1 is 1.29 bits per heavy atom. The zero-order valence-electron chi connectivity index (χ0n) is 8.98. The van der Waals surface area contributed by atoms with Gasteiger partial charge in [0.2, 0.25) is 0 Å². The molecule has 2 nitrogen and oxygen atoms in total. The molecular weight excluding hydrogens is 174 g/mol. The molecule has 0 fully saturated rings. The lowest BCUT2D eigenvalue weighted by atomic mass is 10.00. The van der Waals surface area contributed by atoms with Crippen LogP contribution in [0.3, 0.4) is 0 Å². The molecule has 1 unspecified atom stereocenters. The van der Waals surface area contributed by atoms with E-state index in [0.717, 1.165) is 19.3 Å². The minimum absolute atomic E-state index is 0.156. The van der Waals surface area contributed by atoms with Gasteiger partial charge in [0.25, 0.3) is 0 Å². The molecular formula is C12H19NO. The number of hydrogen-bond donors (Lipinski definition) is 1. The summed E-state index contributed by atoms with van der Waals surface area (Å²) in [5.74, 6) is 0.368. The van der Waals surface area contributed by atoms with E-state index in [1.165, 1.54) is 5.56 Å². The molecule has 1 aromatic rings. The average Bonchev–Trinajstić information content (AvgIpc) is 2.19. The van der Waals surface area contributed by atoms with E-state index in [-0.39, 0.29) is 6.10 Å². The Kier molecular flexibility index (Phi) is 4.60. The normalized spacial score (nSPS) is 13.1. The molecule has 1 rings (SSSR count). The maximum atomic E-state index is 9.59. The second-order valence-corrected chi connectivity index (χ2v) is 4.06. The summed E-state index contributed by atoms with van der Waals surface area (Å²) in [4.78, 5) is 3.97. The van der Waals surface area contributed by atoms with E-state index in [0.29, 0.717) is 5.92 Å². The van der Waals surface area contributed by atoms with Crippen molar-refractivity contribution in [1.82, 2.24) is 4.98 Å². The Bertz CT molecular complexity index is 246. The highest BCUT2D eigenvalue weighted by Crippen LogP contribution is 2.10. The van der Waals surface area contributed by atoms with Gasteiger partial charge < -0.3 is 5.11 Å². The molecule has 1 atom stereocenters. The summed E-state index contributed by atoms with van der Waals surface area (Å²) in [5, 5.41) is 9.59. The zero-order valence-corrected chi connectivity index (χ0v) is 8.98. The van der Waals surface area contributed by atoms with Crippen molar-refractivity contribution in [2.75, 3.05) is 0 Å². The van der Waals surface area contributed by atoms with Crippen molar-refractivity contribution in [3.8, 4) is 0 Å². The monoisotopic (exact) mass is 193 g/mol. The highest BCUT2D eigenvalue weighted by Gasteiger charge is 2.07. The molecule has 0 radical (unpaired) electrons. The van der Waals surface area contributed by atoms with Gasteiger partial charge in [-0.2, -0.15) is 0 Å². The second-order valence-electron chi connectivity index (χ2n) is 4.06. The summed E-state index contributed by atoms with van der Waals surface area (Å²) >= 11 is 0. The van der Waals surface area contributed by atoms with Crippen molar-refractivity contribution >= 4 is 0 Å². The fourth-order valence-electron chi connectivity index (χ4n) is 1.40. The van der Waals surface area contributed by atoms with Gasteiger partial charge in [0.15, 0.2) is 0 Å². The molecule has 0 aliphatic carbocycles. The Morgan fingerprint density at radius 2 is 1.93 bits per heavy atom. The highest BCUT2D eigenvalue weighted by molar-refractivity contribution is 5.09. The van der Waals surface area contributed by atoms with Crippen molar-refractivity contribution in [2.24, 2.45) is 5.92 Å². The van der Waals surface area contributed by atoms with E-state index in [2.05, 4.69) is 18.8 Å². The quantitative estimate of drug-likeness (QED) is 0.779. The number of pyridine rings is 1. The van der Waals surface area contributed by atoms with Crippen LogP contribution in [0.5, 0.6) is 0 Å². The van der Waals surface area contributed by atoms with Crippen LogP contribution in [0.25, 0.3) is 0 Å². The van der Waals surface area contributed by atoms with E-state index in [1.54, 1.807) is 0 Å². The summed E-state index contributed by atoms with van der Waals surface area (Å²) in [5.41, 5.74) is 1.30. The van der Waals surface area contributed by atoms with Gasteiger partial charge in [-0.25, -0.2) is 0 Å². The van der Waals surface area contributed by atoms with Gasteiger partial charge in [-0.1, -0.05) is 13.8 Å². The van der Waals surface area contributed by atoms with Crippen LogP contribution in [0.4, 0.5) is 0 Å². The Morgan fingerprint density at radius 3 is 2.50 bits per heavy atom. The highest BCUT2D eigenvalue weighted by atomic mass is 16.3. The van der Waals surface area contributed by atoms with E-state index in [1.807, 2.05) is 24.5 Å². The minimum atomic E-state index is -0.156.